The third-order valence-electron chi connectivity index (χ3n) is 3.82. The Morgan fingerprint density at radius 1 is 1.38 bits per heavy atom. The molecule has 4 heteroatoms. The first-order chi connectivity index (χ1) is 10.2. The number of ether oxygens (including phenoxy) is 1. The number of methoxy groups -OCH3 is 1. The van der Waals surface area contributed by atoms with Gasteiger partial charge in [0.05, 0.1) is 7.11 Å². The van der Waals surface area contributed by atoms with Gasteiger partial charge in [0.2, 0.25) is 0 Å². The number of hydrogen-bond acceptors (Lipinski definition) is 4. The maximum Gasteiger partial charge on any atom is 0.354 e. The molecule has 1 heterocycles. The second-order valence-corrected chi connectivity index (χ2v) is 5.31. The Kier molecular flexibility index (Phi) is 5.39. The molecule has 1 aliphatic rings. The lowest BCUT2D eigenvalue weighted by Gasteiger charge is -2.30. The van der Waals surface area contributed by atoms with Gasteiger partial charge in [0.1, 0.15) is 5.70 Å². The molecule has 1 aliphatic heterocycles. The first-order valence-corrected chi connectivity index (χ1v) is 7.51. The summed E-state index contributed by atoms with van der Waals surface area (Å²) in [6.07, 6.45) is 2.92. The zero-order valence-corrected chi connectivity index (χ0v) is 13.1. The molecule has 1 aromatic carbocycles. The molecule has 1 N–H and O–H groups in total. The van der Waals surface area contributed by atoms with Crippen molar-refractivity contribution in [2.45, 2.75) is 20.3 Å². The highest BCUT2D eigenvalue weighted by Gasteiger charge is 2.20. The number of benzene rings is 1. The monoisotopic (exact) mass is 288 g/mol. The standard InChI is InChI=1S/C17H24N2O2/c1-4-14-11-13(2)5-6-15(14)12-16(17(20)21-3)19-9-7-18-8-10-19/h5-6,11-12,18H,4,7-10H2,1-3H3/b16-12+. The summed E-state index contributed by atoms with van der Waals surface area (Å²) in [5.41, 5.74) is 4.25. The van der Waals surface area contributed by atoms with Gasteiger partial charge >= 0.3 is 5.97 Å². The molecule has 0 radical (unpaired) electrons. The van der Waals surface area contributed by atoms with Gasteiger partial charge in [0.25, 0.3) is 0 Å². The van der Waals surface area contributed by atoms with Crippen molar-refractivity contribution in [3.05, 3.63) is 40.6 Å². The second kappa shape index (κ2) is 7.27. The van der Waals surface area contributed by atoms with Gasteiger partial charge in [-0.25, -0.2) is 4.79 Å². The van der Waals surface area contributed by atoms with Crippen molar-refractivity contribution in [2.75, 3.05) is 33.3 Å². The minimum Gasteiger partial charge on any atom is -0.464 e. The topological polar surface area (TPSA) is 41.6 Å². The molecule has 0 unspecified atom stereocenters. The summed E-state index contributed by atoms with van der Waals surface area (Å²) in [6.45, 7) is 7.66. The molecular formula is C17H24N2O2. The molecule has 21 heavy (non-hydrogen) atoms. The van der Waals surface area contributed by atoms with E-state index in [9.17, 15) is 4.79 Å². The summed E-state index contributed by atoms with van der Waals surface area (Å²) in [6, 6.07) is 6.34. The van der Waals surface area contributed by atoms with Gasteiger partial charge in [-0.1, -0.05) is 30.7 Å². The number of rotatable bonds is 4. The van der Waals surface area contributed by atoms with Gasteiger partial charge < -0.3 is 15.0 Å². The summed E-state index contributed by atoms with van der Waals surface area (Å²) in [4.78, 5) is 14.2. The Morgan fingerprint density at radius 3 is 2.71 bits per heavy atom. The summed E-state index contributed by atoms with van der Waals surface area (Å²) in [5.74, 6) is -0.264. The van der Waals surface area contributed by atoms with Crippen molar-refractivity contribution < 1.29 is 9.53 Å². The number of piperazine rings is 1. The normalized spacial score (nSPS) is 16.0. The molecule has 0 aromatic heterocycles. The molecule has 1 saturated heterocycles. The fraction of sp³-hybridized carbons (Fsp3) is 0.471. The van der Waals surface area contributed by atoms with Crippen LogP contribution in [0.25, 0.3) is 6.08 Å². The van der Waals surface area contributed by atoms with Crippen LogP contribution in [0.1, 0.15) is 23.6 Å². The highest BCUT2D eigenvalue weighted by molar-refractivity contribution is 5.93. The van der Waals surface area contributed by atoms with Crippen molar-refractivity contribution in [1.82, 2.24) is 10.2 Å². The van der Waals surface area contributed by atoms with Gasteiger partial charge in [0.15, 0.2) is 0 Å². The van der Waals surface area contributed by atoms with E-state index in [1.807, 2.05) is 6.08 Å². The van der Waals surface area contributed by atoms with Crippen LogP contribution >= 0.6 is 0 Å². The van der Waals surface area contributed by atoms with E-state index in [1.54, 1.807) is 0 Å². The van der Waals surface area contributed by atoms with Crippen LogP contribution in [0.5, 0.6) is 0 Å². The number of hydrogen-bond donors (Lipinski definition) is 1. The fourth-order valence-electron chi connectivity index (χ4n) is 2.62. The van der Waals surface area contributed by atoms with Gasteiger partial charge in [-0.15, -0.1) is 0 Å². The van der Waals surface area contributed by atoms with Crippen LogP contribution in [0, 0.1) is 6.92 Å². The largest absolute Gasteiger partial charge is 0.464 e. The molecule has 0 atom stereocenters. The Labute approximate surface area is 126 Å². The lowest BCUT2D eigenvalue weighted by molar-refractivity contribution is -0.137. The van der Waals surface area contributed by atoms with Gasteiger partial charge in [0, 0.05) is 26.2 Å². The van der Waals surface area contributed by atoms with Crippen LogP contribution in [0.15, 0.2) is 23.9 Å². The van der Waals surface area contributed by atoms with E-state index < -0.39 is 0 Å². The Hall–Kier alpha value is -1.81. The lowest BCUT2D eigenvalue weighted by Crippen LogP contribution is -2.44. The minimum atomic E-state index is -0.264. The predicted molar refractivity (Wildman–Crippen MR) is 85.0 cm³/mol. The smallest absolute Gasteiger partial charge is 0.354 e. The molecular weight excluding hydrogens is 264 g/mol. The molecule has 2 rings (SSSR count). The van der Waals surface area contributed by atoms with Crippen LogP contribution in [-0.2, 0) is 16.0 Å². The first-order valence-electron chi connectivity index (χ1n) is 7.51. The van der Waals surface area contributed by atoms with E-state index in [-0.39, 0.29) is 5.97 Å². The number of nitrogens with one attached hydrogen (secondary N) is 1. The van der Waals surface area contributed by atoms with Gasteiger partial charge in [-0.05, 0) is 30.5 Å². The van der Waals surface area contributed by atoms with Crippen LogP contribution < -0.4 is 5.32 Å². The molecule has 1 aromatic rings. The molecule has 0 aliphatic carbocycles. The van der Waals surface area contributed by atoms with Crippen molar-refractivity contribution in [3.8, 4) is 0 Å². The van der Waals surface area contributed by atoms with E-state index in [1.165, 1.54) is 18.2 Å². The lowest BCUT2D eigenvalue weighted by atomic mass is 10.0. The fourth-order valence-corrected chi connectivity index (χ4v) is 2.62. The molecule has 0 spiro atoms. The zero-order chi connectivity index (χ0) is 15.2. The van der Waals surface area contributed by atoms with E-state index in [0.717, 1.165) is 38.2 Å². The Morgan fingerprint density at radius 2 is 2.10 bits per heavy atom. The van der Waals surface area contributed by atoms with E-state index in [2.05, 4.69) is 42.3 Å². The molecule has 114 valence electrons. The van der Waals surface area contributed by atoms with Crippen LogP contribution in [0.4, 0.5) is 0 Å². The van der Waals surface area contributed by atoms with Crippen molar-refractivity contribution in [1.29, 1.82) is 0 Å². The second-order valence-electron chi connectivity index (χ2n) is 5.31. The quantitative estimate of drug-likeness (QED) is 0.679. The third-order valence-corrected chi connectivity index (χ3v) is 3.82. The Balaban J connectivity index is 2.37. The summed E-state index contributed by atoms with van der Waals surface area (Å²) >= 11 is 0. The number of aryl methyl sites for hydroxylation is 2. The molecule has 0 bridgehead atoms. The number of esters is 1. The van der Waals surface area contributed by atoms with Crippen LogP contribution in [0.3, 0.4) is 0 Å². The van der Waals surface area contributed by atoms with Gasteiger partial charge in [-0.2, -0.15) is 0 Å². The number of nitrogens with zero attached hydrogens (tertiary/aromatic N) is 1. The average Bonchev–Trinajstić information content (AvgIpc) is 2.53. The summed E-state index contributed by atoms with van der Waals surface area (Å²) < 4.78 is 4.97. The number of carbonyl (C=O) groups is 1. The van der Waals surface area contributed by atoms with Crippen molar-refractivity contribution >= 4 is 12.0 Å². The Bertz CT molecular complexity index is 532. The number of carbonyl (C=O) groups excluding carboxylic acids is 1. The van der Waals surface area contributed by atoms with Gasteiger partial charge in [-0.3, -0.25) is 0 Å². The van der Waals surface area contributed by atoms with E-state index in [0.29, 0.717) is 5.70 Å². The van der Waals surface area contributed by atoms with Crippen LogP contribution in [0.2, 0.25) is 0 Å². The highest BCUT2D eigenvalue weighted by Crippen LogP contribution is 2.19. The van der Waals surface area contributed by atoms with E-state index in [4.69, 9.17) is 4.74 Å². The van der Waals surface area contributed by atoms with E-state index >= 15 is 0 Å². The van der Waals surface area contributed by atoms with Crippen molar-refractivity contribution in [2.24, 2.45) is 0 Å². The zero-order valence-electron chi connectivity index (χ0n) is 13.1. The maximum absolute atomic E-state index is 12.1. The van der Waals surface area contributed by atoms with Crippen molar-refractivity contribution in [3.63, 3.8) is 0 Å². The summed E-state index contributed by atoms with van der Waals surface area (Å²) in [7, 11) is 1.44. The third kappa shape index (κ3) is 3.85. The highest BCUT2D eigenvalue weighted by atomic mass is 16.5. The molecule has 4 nitrogen and oxygen atoms in total. The SMILES string of the molecule is CCc1cc(C)ccc1/C=C(\C(=O)OC)N1CCNCC1. The molecule has 1 fully saturated rings. The average molecular weight is 288 g/mol. The first kappa shape index (κ1) is 15.6. The molecule has 0 amide bonds. The summed E-state index contributed by atoms with van der Waals surface area (Å²) in [5, 5.41) is 3.30. The predicted octanol–water partition coefficient (Wildman–Crippen LogP) is 1.98. The van der Waals surface area contributed by atoms with Crippen LogP contribution in [-0.4, -0.2) is 44.2 Å². The molecule has 0 saturated carbocycles. The minimum absolute atomic E-state index is 0.264. The maximum atomic E-state index is 12.1.